The normalized spacial score (nSPS) is 12.2. The van der Waals surface area contributed by atoms with E-state index in [1.54, 1.807) is 18.2 Å². The van der Waals surface area contributed by atoms with Gasteiger partial charge in [0.25, 0.3) is 0 Å². The standard InChI is InChI=1S/C17H30N4O2S/c1-4-6-7-8-12-20-17(19-5-2)21-14-15-10-9-11-16(13-15)24(22,23)18-3/h9-11,13,18H,4-8,12,14H2,1-3H3,(H2,19,20,21). The first-order valence-electron chi connectivity index (χ1n) is 8.58. The van der Waals surface area contributed by atoms with Crippen LogP contribution >= 0.6 is 0 Å². The molecule has 3 N–H and O–H groups in total. The Kier molecular flexibility index (Phi) is 9.41. The molecule has 1 aromatic carbocycles. The predicted octanol–water partition coefficient (Wildman–Crippen LogP) is 2.23. The van der Waals surface area contributed by atoms with Gasteiger partial charge in [0, 0.05) is 13.1 Å². The highest BCUT2D eigenvalue weighted by molar-refractivity contribution is 7.89. The number of nitrogens with one attached hydrogen (secondary N) is 3. The lowest BCUT2D eigenvalue weighted by molar-refractivity contribution is 0.588. The summed E-state index contributed by atoms with van der Waals surface area (Å²) in [6.45, 7) is 6.32. The summed E-state index contributed by atoms with van der Waals surface area (Å²) in [6.07, 6.45) is 4.81. The molecule has 6 nitrogen and oxygen atoms in total. The van der Waals surface area contributed by atoms with Crippen LogP contribution in [0.25, 0.3) is 0 Å². The van der Waals surface area contributed by atoms with Crippen LogP contribution in [0.2, 0.25) is 0 Å². The van der Waals surface area contributed by atoms with Crippen molar-refractivity contribution in [3.8, 4) is 0 Å². The largest absolute Gasteiger partial charge is 0.357 e. The number of aliphatic imine (C=N–C) groups is 1. The second-order valence-electron chi connectivity index (χ2n) is 5.54. The highest BCUT2D eigenvalue weighted by Crippen LogP contribution is 2.11. The fourth-order valence-corrected chi connectivity index (χ4v) is 3.00. The van der Waals surface area contributed by atoms with Gasteiger partial charge in [-0.05, 0) is 38.1 Å². The van der Waals surface area contributed by atoms with Crippen LogP contribution in [0, 0.1) is 0 Å². The quantitative estimate of drug-likeness (QED) is 0.342. The molecule has 0 saturated heterocycles. The molecule has 1 rings (SSSR count). The fourth-order valence-electron chi connectivity index (χ4n) is 2.20. The maximum absolute atomic E-state index is 11.8. The van der Waals surface area contributed by atoms with Crippen LogP contribution in [0.5, 0.6) is 0 Å². The molecule has 0 aliphatic carbocycles. The van der Waals surface area contributed by atoms with E-state index in [1.807, 2.05) is 13.0 Å². The van der Waals surface area contributed by atoms with Crippen molar-refractivity contribution in [1.29, 1.82) is 0 Å². The van der Waals surface area contributed by atoms with E-state index in [9.17, 15) is 8.42 Å². The first-order valence-corrected chi connectivity index (χ1v) is 10.1. The predicted molar refractivity (Wildman–Crippen MR) is 99.6 cm³/mol. The zero-order chi connectivity index (χ0) is 17.8. The molecule has 24 heavy (non-hydrogen) atoms. The Bertz CT molecular complexity index is 615. The van der Waals surface area contributed by atoms with Crippen molar-refractivity contribution in [3.63, 3.8) is 0 Å². The summed E-state index contributed by atoms with van der Waals surface area (Å²) in [5, 5.41) is 6.52. The minimum Gasteiger partial charge on any atom is -0.357 e. The Morgan fingerprint density at radius 1 is 1.12 bits per heavy atom. The summed E-state index contributed by atoms with van der Waals surface area (Å²) in [7, 11) is -2.01. The van der Waals surface area contributed by atoms with Gasteiger partial charge in [-0.25, -0.2) is 18.1 Å². The lowest BCUT2D eigenvalue weighted by Crippen LogP contribution is -2.37. The van der Waals surface area contributed by atoms with Gasteiger partial charge >= 0.3 is 0 Å². The minimum atomic E-state index is -3.42. The van der Waals surface area contributed by atoms with Crippen molar-refractivity contribution >= 4 is 16.0 Å². The third kappa shape index (κ3) is 7.31. The van der Waals surface area contributed by atoms with Crippen molar-refractivity contribution in [1.82, 2.24) is 15.4 Å². The van der Waals surface area contributed by atoms with Gasteiger partial charge in [0.1, 0.15) is 0 Å². The summed E-state index contributed by atoms with van der Waals surface area (Å²) in [6, 6.07) is 6.85. The molecule has 0 bridgehead atoms. The zero-order valence-electron chi connectivity index (χ0n) is 14.9. The zero-order valence-corrected chi connectivity index (χ0v) is 15.7. The molecule has 0 spiro atoms. The molecule has 0 saturated carbocycles. The van der Waals surface area contributed by atoms with E-state index in [2.05, 4.69) is 27.3 Å². The number of benzene rings is 1. The van der Waals surface area contributed by atoms with E-state index in [0.29, 0.717) is 6.54 Å². The number of unbranched alkanes of at least 4 members (excludes halogenated alkanes) is 3. The Morgan fingerprint density at radius 3 is 2.58 bits per heavy atom. The topological polar surface area (TPSA) is 82.6 Å². The number of nitrogens with zero attached hydrogens (tertiary/aromatic N) is 1. The Morgan fingerprint density at radius 2 is 1.92 bits per heavy atom. The molecule has 0 heterocycles. The summed E-state index contributed by atoms with van der Waals surface area (Å²) in [5.74, 6) is 0.760. The minimum absolute atomic E-state index is 0.259. The van der Waals surface area contributed by atoms with Gasteiger partial charge in [0.05, 0.1) is 11.4 Å². The van der Waals surface area contributed by atoms with Crippen LogP contribution in [0.1, 0.15) is 45.1 Å². The van der Waals surface area contributed by atoms with Gasteiger partial charge in [0.15, 0.2) is 5.96 Å². The molecule has 0 aromatic heterocycles. The molecular formula is C17H30N4O2S. The second kappa shape index (κ2) is 11.0. The highest BCUT2D eigenvalue weighted by atomic mass is 32.2. The highest BCUT2D eigenvalue weighted by Gasteiger charge is 2.11. The van der Waals surface area contributed by atoms with Crippen molar-refractivity contribution < 1.29 is 8.42 Å². The van der Waals surface area contributed by atoms with Crippen LogP contribution in [0.15, 0.2) is 34.2 Å². The summed E-state index contributed by atoms with van der Waals surface area (Å²) in [5.41, 5.74) is 0.856. The molecule has 0 radical (unpaired) electrons. The first kappa shape index (κ1) is 20.4. The maximum atomic E-state index is 11.8. The van der Waals surface area contributed by atoms with Gasteiger partial charge in [-0.15, -0.1) is 0 Å². The monoisotopic (exact) mass is 354 g/mol. The Balaban J connectivity index is 2.67. The van der Waals surface area contributed by atoms with E-state index in [4.69, 9.17) is 0 Å². The number of rotatable bonds is 10. The summed E-state index contributed by atoms with van der Waals surface area (Å²) >= 11 is 0. The molecule has 0 fully saturated rings. The van der Waals surface area contributed by atoms with Crippen molar-refractivity contribution in [3.05, 3.63) is 29.8 Å². The van der Waals surface area contributed by atoms with Gasteiger partial charge in [-0.1, -0.05) is 38.3 Å². The van der Waals surface area contributed by atoms with Gasteiger partial charge in [0.2, 0.25) is 10.0 Å². The summed E-state index contributed by atoms with van der Waals surface area (Å²) < 4.78 is 26.0. The molecule has 0 aliphatic heterocycles. The molecule has 0 atom stereocenters. The summed E-state index contributed by atoms with van der Waals surface area (Å²) in [4.78, 5) is 4.79. The SMILES string of the molecule is CCCCCCNC(=NCc1cccc(S(=O)(=O)NC)c1)NCC. The average Bonchev–Trinajstić information content (AvgIpc) is 2.59. The molecule has 0 amide bonds. The Labute approximate surface area is 146 Å². The van der Waals surface area contributed by atoms with Gasteiger partial charge in [-0.2, -0.15) is 0 Å². The van der Waals surface area contributed by atoms with Crippen molar-refractivity contribution in [2.75, 3.05) is 20.1 Å². The lowest BCUT2D eigenvalue weighted by atomic mass is 10.2. The van der Waals surface area contributed by atoms with Gasteiger partial charge < -0.3 is 10.6 Å². The van der Waals surface area contributed by atoms with Crippen LogP contribution in [0.3, 0.4) is 0 Å². The fraction of sp³-hybridized carbons (Fsp3) is 0.588. The molecule has 0 unspecified atom stereocenters. The molecular weight excluding hydrogens is 324 g/mol. The second-order valence-corrected chi connectivity index (χ2v) is 7.42. The van der Waals surface area contributed by atoms with E-state index in [1.165, 1.54) is 26.3 Å². The number of sulfonamides is 1. The van der Waals surface area contributed by atoms with Crippen LogP contribution in [-0.2, 0) is 16.6 Å². The number of hydrogen-bond acceptors (Lipinski definition) is 3. The van der Waals surface area contributed by atoms with E-state index >= 15 is 0 Å². The smallest absolute Gasteiger partial charge is 0.240 e. The van der Waals surface area contributed by atoms with E-state index in [-0.39, 0.29) is 4.90 Å². The van der Waals surface area contributed by atoms with Gasteiger partial charge in [-0.3, -0.25) is 0 Å². The van der Waals surface area contributed by atoms with E-state index in [0.717, 1.165) is 31.0 Å². The van der Waals surface area contributed by atoms with Crippen LogP contribution < -0.4 is 15.4 Å². The molecule has 7 heteroatoms. The molecule has 136 valence electrons. The van der Waals surface area contributed by atoms with E-state index < -0.39 is 10.0 Å². The Hall–Kier alpha value is -1.60. The average molecular weight is 355 g/mol. The third-order valence-electron chi connectivity index (χ3n) is 3.56. The van der Waals surface area contributed by atoms with Crippen molar-refractivity contribution in [2.24, 2.45) is 4.99 Å². The molecule has 0 aliphatic rings. The maximum Gasteiger partial charge on any atom is 0.240 e. The number of guanidine groups is 1. The molecule has 1 aromatic rings. The first-order chi connectivity index (χ1) is 11.5. The van der Waals surface area contributed by atoms with Crippen molar-refractivity contribution in [2.45, 2.75) is 51.0 Å². The number of hydrogen-bond donors (Lipinski definition) is 3. The third-order valence-corrected chi connectivity index (χ3v) is 4.98. The van der Waals surface area contributed by atoms with Crippen LogP contribution in [-0.4, -0.2) is 34.5 Å². The lowest BCUT2D eigenvalue weighted by Gasteiger charge is -2.11. The van der Waals surface area contributed by atoms with Crippen LogP contribution in [0.4, 0.5) is 0 Å².